The Labute approximate surface area is 109 Å². The zero-order chi connectivity index (χ0) is 13.0. The molecule has 1 aromatic rings. The zero-order valence-electron chi connectivity index (χ0n) is 10.8. The molecule has 1 unspecified atom stereocenters. The summed E-state index contributed by atoms with van der Waals surface area (Å²) in [7, 11) is 0. The molecule has 94 valence electrons. The lowest BCUT2D eigenvalue weighted by Gasteiger charge is -2.19. The largest absolute Gasteiger partial charge is 0.342 e. The third-order valence-electron chi connectivity index (χ3n) is 3.59. The van der Waals surface area contributed by atoms with Crippen molar-refractivity contribution in [1.29, 1.82) is 0 Å². The molecule has 0 bridgehead atoms. The number of terminal acetylenes is 1. The summed E-state index contributed by atoms with van der Waals surface area (Å²) in [5, 5.41) is 2.99. The second-order valence-electron chi connectivity index (χ2n) is 4.93. The molecule has 0 radical (unpaired) electrons. The van der Waals surface area contributed by atoms with E-state index in [1.807, 2.05) is 30.3 Å². The third-order valence-corrected chi connectivity index (χ3v) is 3.59. The first-order valence-corrected chi connectivity index (χ1v) is 6.55. The topological polar surface area (TPSA) is 29.1 Å². The third kappa shape index (κ3) is 2.41. The predicted octanol–water partition coefficient (Wildman–Crippen LogP) is 2.64. The Morgan fingerprint density at radius 1 is 1.44 bits per heavy atom. The summed E-state index contributed by atoms with van der Waals surface area (Å²) in [4.78, 5) is 12.4. The van der Waals surface area contributed by atoms with E-state index in [0.29, 0.717) is 0 Å². The average molecular weight is 241 g/mol. The van der Waals surface area contributed by atoms with E-state index in [4.69, 9.17) is 6.42 Å². The van der Waals surface area contributed by atoms with Gasteiger partial charge in [-0.2, -0.15) is 0 Å². The van der Waals surface area contributed by atoms with E-state index in [2.05, 4.69) is 18.2 Å². The van der Waals surface area contributed by atoms with Crippen LogP contribution in [0.4, 0.5) is 0 Å². The van der Waals surface area contributed by atoms with Gasteiger partial charge < -0.3 is 5.32 Å². The monoisotopic (exact) mass is 241 g/mol. The molecule has 0 heterocycles. The summed E-state index contributed by atoms with van der Waals surface area (Å²) in [5.41, 5.74) is 0.791. The van der Waals surface area contributed by atoms with Crippen molar-refractivity contribution in [2.24, 2.45) is 0 Å². The lowest BCUT2D eigenvalue weighted by molar-refractivity contribution is -0.124. The fourth-order valence-corrected chi connectivity index (χ4v) is 2.31. The Bertz CT molecular complexity index is 454. The van der Waals surface area contributed by atoms with Gasteiger partial charge in [-0.1, -0.05) is 49.6 Å². The minimum atomic E-state index is -0.315. The van der Waals surface area contributed by atoms with E-state index in [1.165, 1.54) is 0 Å². The summed E-state index contributed by atoms with van der Waals surface area (Å²) in [6.07, 6.45) is 9.11. The Morgan fingerprint density at radius 2 is 2.11 bits per heavy atom. The highest BCUT2D eigenvalue weighted by Gasteiger charge is 2.51. The smallest absolute Gasteiger partial charge is 0.231 e. The van der Waals surface area contributed by atoms with Gasteiger partial charge >= 0.3 is 0 Å². The molecule has 0 aromatic heterocycles. The Hall–Kier alpha value is -1.75. The lowest BCUT2D eigenvalue weighted by atomic mass is 9.94. The Balaban J connectivity index is 2.08. The van der Waals surface area contributed by atoms with Crippen LogP contribution in [0.5, 0.6) is 0 Å². The van der Waals surface area contributed by atoms with Crippen LogP contribution in [0.3, 0.4) is 0 Å². The summed E-state index contributed by atoms with van der Waals surface area (Å²) in [6, 6.07) is 9.84. The van der Waals surface area contributed by atoms with Crippen LogP contribution in [-0.4, -0.2) is 11.9 Å². The number of hydrogen-bond acceptors (Lipinski definition) is 1. The van der Waals surface area contributed by atoms with Crippen LogP contribution in [0.25, 0.3) is 0 Å². The SMILES string of the molecule is C#CC(CCC)NC(=O)C1(c2ccccc2)CC1. The molecule has 1 aliphatic rings. The van der Waals surface area contributed by atoms with Crippen molar-refractivity contribution in [3.63, 3.8) is 0 Å². The number of carbonyl (C=O) groups excluding carboxylic acids is 1. The van der Waals surface area contributed by atoms with E-state index < -0.39 is 0 Å². The molecular weight excluding hydrogens is 222 g/mol. The van der Waals surface area contributed by atoms with Gasteiger partial charge in [-0.15, -0.1) is 6.42 Å². The van der Waals surface area contributed by atoms with Crippen molar-refractivity contribution in [3.8, 4) is 12.3 Å². The summed E-state index contributed by atoms with van der Waals surface area (Å²) in [5.74, 6) is 2.74. The highest BCUT2D eigenvalue weighted by molar-refractivity contribution is 5.91. The second-order valence-corrected chi connectivity index (χ2v) is 4.93. The number of carbonyl (C=O) groups is 1. The van der Waals surface area contributed by atoms with Gasteiger partial charge in [-0.25, -0.2) is 0 Å². The van der Waals surface area contributed by atoms with Gasteiger partial charge in [0.25, 0.3) is 0 Å². The molecule has 0 spiro atoms. The zero-order valence-corrected chi connectivity index (χ0v) is 10.8. The molecule has 0 aliphatic heterocycles. The van der Waals surface area contributed by atoms with Crippen LogP contribution in [0.1, 0.15) is 38.2 Å². The average Bonchev–Trinajstić information content (AvgIpc) is 3.20. The normalized spacial score (nSPS) is 17.6. The van der Waals surface area contributed by atoms with Crippen LogP contribution >= 0.6 is 0 Å². The van der Waals surface area contributed by atoms with Gasteiger partial charge in [0.05, 0.1) is 11.5 Å². The fourth-order valence-electron chi connectivity index (χ4n) is 2.31. The molecule has 1 saturated carbocycles. The molecule has 1 fully saturated rings. The van der Waals surface area contributed by atoms with Crippen molar-refractivity contribution < 1.29 is 4.79 Å². The van der Waals surface area contributed by atoms with Crippen molar-refractivity contribution in [2.45, 2.75) is 44.1 Å². The van der Waals surface area contributed by atoms with E-state index in [9.17, 15) is 4.79 Å². The number of amides is 1. The quantitative estimate of drug-likeness (QED) is 0.789. The first kappa shape index (κ1) is 12.7. The van der Waals surface area contributed by atoms with Gasteiger partial charge in [0.1, 0.15) is 0 Å². The van der Waals surface area contributed by atoms with E-state index >= 15 is 0 Å². The van der Waals surface area contributed by atoms with Crippen molar-refractivity contribution >= 4 is 5.91 Å². The van der Waals surface area contributed by atoms with Crippen LogP contribution in [0, 0.1) is 12.3 Å². The molecule has 1 aliphatic carbocycles. The fraction of sp³-hybridized carbons (Fsp3) is 0.438. The molecule has 18 heavy (non-hydrogen) atoms. The minimum Gasteiger partial charge on any atom is -0.342 e. The molecule has 2 nitrogen and oxygen atoms in total. The van der Waals surface area contributed by atoms with Crippen LogP contribution in [0.2, 0.25) is 0 Å². The number of rotatable bonds is 5. The molecular formula is C16H19NO. The van der Waals surface area contributed by atoms with Gasteiger partial charge in [-0.05, 0) is 24.8 Å². The summed E-state index contributed by atoms with van der Waals surface area (Å²) >= 11 is 0. The highest BCUT2D eigenvalue weighted by Crippen LogP contribution is 2.48. The standard InChI is InChI=1S/C16H19NO/c1-3-8-14(4-2)17-15(18)16(11-12-16)13-9-6-5-7-10-13/h2,5-7,9-10,14H,3,8,11-12H2,1H3,(H,17,18). The molecule has 1 N–H and O–H groups in total. The van der Waals surface area contributed by atoms with Crippen molar-refractivity contribution in [2.75, 3.05) is 0 Å². The molecule has 2 rings (SSSR count). The summed E-state index contributed by atoms with van der Waals surface area (Å²) in [6.45, 7) is 2.07. The van der Waals surface area contributed by atoms with Gasteiger partial charge in [-0.3, -0.25) is 4.79 Å². The predicted molar refractivity (Wildman–Crippen MR) is 73.0 cm³/mol. The Kier molecular flexibility index (Phi) is 3.72. The van der Waals surface area contributed by atoms with Crippen LogP contribution < -0.4 is 5.32 Å². The summed E-state index contributed by atoms with van der Waals surface area (Å²) < 4.78 is 0. The first-order chi connectivity index (χ1) is 8.73. The minimum absolute atomic E-state index is 0.0881. The number of benzene rings is 1. The molecule has 2 heteroatoms. The van der Waals surface area contributed by atoms with E-state index in [1.54, 1.807) is 0 Å². The molecule has 1 atom stereocenters. The number of hydrogen-bond donors (Lipinski definition) is 1. The maximum atomic E-state index is 12.4. The first-order valence-electron chi connectivity index (χ1n) is 6.55. The highest BCUT2D eigenvalue weighted by atomic mass is 16.2. The van der Waals surface area contributed by atoms with Crippen LogP contribution in [0.15, 0.2) is 30.3 Å². The van der Waals surface area contributed by atoms with E-state index in [0.717, 1.165) is 31.2 Å². The van der Waals surface area contributed by atoms with Crippen molar-refractivity contribution in [3.05, 3.63) is 35.9 Å². The molecule has 1 aromatic carbocycles. The maximum Gasteiger partial charge on any atom is 0.231 e. The van der Waals surface area contributed by atoms with Gasteiger partial charge in [0.15, 0.2) is 0 Å². The number of nitrogens with one attached hydrogen (secondary N) is 1. The van der Waals surface area contributed by atoms with Gasteiger partial charge in [0, 0.05) is 0 Å². The van der Waals surface area contributed by atoms with Crippen molar-refractivity contribution in [1.82, 2.24) is 5.32 Å². The van der Waals surface area contributed by atoms with Gasteiger partial charge in [0.2, 0.25) is 5.91 Å². The van der Waals surface area contributed by atoms with Crippen LogP contribution in [-0.2, 0) is 10.2 Å². The molecule has 0 saturated heterocycles. The second kappa shape index (κ2) is 5.27. The van der Waals surface area contributed by atoms with E-state index in [-0.39, 0.29) is 17.4 Å². The Morgan fingerprint density at radius 3 is 2.61 bits per heavy atom. The molecule has 1 amide bonds. The lowest BCUT2D eigenvalue weighted by Crippen LogP contribution is -2.40. The maximum absolute atomic E-state index is 12.4.